The minimum Gasteiger partial charge on any atom is -0.357 e. The Labute approximate surface area is 230 Å². The number of imidazole rings is 1. The van der Waals surface area contributed by atoms with Crippen molar-refractivity contribution in [1.82, 2.24) is 14.4 Å². The monoisotopic (exact) mass is 533 g/mol. The van der Waals surface area contributed by atoms with Crippen LogP contribution in [0.5, 0.6) is 0 Å². The number of hydrogen-bond acceptors (Lipinski definition) is 4. The number of hydrogen-bond donors (Lipinski definition) is 1. The van der Waals surface area contributed by atoms with Gasteiger partial charge in [0.1, 0.15) is 17.3 Å². The first-order valence-electron chi connectivity index (χ1n) is 13.3. The average molecular weight is 534 g/mol. The topological polar surface area (TPSA) is 59.5 Å². The Hall–Kier alpha value is -3.22. The fourth-order valence-electron chi connectivity index (χ4n) is 4.94. The Kier molecular flexibility index (Phi) is 9.18. The molecule has 7 heteroatoms. The molecule has 1 aliphatic heterocycles. The maximum atomic E-state index is 13.7. The highest BCUT2D eigenvalue weighted by atomic mass is 35.5. The molecule has 0 unspecified atom stereocenters. The lowest BCUT2D eigenvalue weighted by molar-refractivity contribution is 0.573. The van der Waals surface area contributed by atoms with Gasteiger partial charge < -0.3 is 10.6 Å². The molecular formula is C31H37ClFN5. The molecule has 4 heterocycles. The van der Waals surface area contributed by atoms with Gasteiger partial charge in [-0.05, 0) is 80.0 Å². The second-order valence-electron chi connectivity index (χ2n) is 10.2. The summed E-state index contributed by atoms with van der Waals surface area (Å²) in [5, 5.41) is 0.358. The molecule has 0 radical (unpaired) electrons. The van der Waals surface area contributed by atoms with E-state index in [1.807, 2.05) is 37.7 Å². The number of aryl methyl sites for hydroxylation is 1. The van der Waals surface area contributed by atoms with Crippen LogP contribution in [0.25, 0.3) is 28.0 Å². The lowest BCUT2D eigenvalue weighted by Gasteiger charge is -2.27. The van der Waals surface area contributed by atoms with E-state index in [2.05, 4.69) is 40.8 Å². The largest absolute Gasteiger partial charge is 0.357 e. The Bertz CT molecular complexity index is 1410. The van der Waals surface area contributed by atoms with Crippen molar-refractivity contribution >= 4 is 23.1 Å². The Balaban J connectivity index is 0.000000505. The van der Waals surface area contributed by atoms with Crippen molar-refractivity contribution in [2.45, 2.75) is 53.0 Å². The van der Waals surface area contributed by atoms with Gasteiger partial charge in [0.2, 0.25) is 0 Å². The highest BCUT2D eigenvalue weighted by Crippen LogP contribution is 2.35. The van der Waals surface area contributed by atoms with Gasteiger partial charge in [0.25, 0.3) is 0 Å². The van der Waals surface area contributed by atoms with E-state index in [0.29, 0.717) is 11.6 Å². The van der Waals surface area contributed by atoms with E-state index < -0.39 is 0 Å². The summed E-state index contributed by atoms with van der Waals surface area (Å²) in [6, 6.07) is 8.59. The summed E-state index contributed by atoms with van der Waals surface area (Å²) in [4.78, 5) is 11.7. The summed E-state index contributed by atoms with van der Waals surface area (Å²) >= 11 is 6.41. The number of fused-ring (bicyclic) bond motifs is 1. The Morgan fingerprint density at radius 3 is 2.50 bits per heavy atom. The van der Waals surface area contributed by atoms with Gasteiger partial charge in [-0.15, -0.1) is 6.58 Å². The summed E-state index contributed by atoms with van der Waals surface area (Å²) in [5.74, 6) is 1.41. The molecule has 38 heavy (non-hydrogen) atoms. The molecule has 5 nitrogen and oxygen atoms in total. The SMILES string of the molecule is C=CCC(C)C.Cc1c(CN)c(-c2ccc(F)cc2Cl)cn2c(-c3ccnc(N4CCCCC4)c3)cnc12. The summed E-state index contributed by atoms with van der Waals surface area (Å²) in [6.45, 7) is 12.4. The van der Waals surface area contributed by atoms with Gasteiger partial charge in [0, 0.05) is 48.7 Å². The number of aromatic nitrogens is 3. The van der Waals surface area contributed by atoms with Crippen LogP contribution in [0.4, 0.5) is 10.2 Å². The predicted molar refractivity (Wildman–Crippen MR) is 157 cm³/mol. The van der Waals surface area contributed by atoms with Crippen LogP contribution >= 0.6 is 11.6 Å². The molecule has 0 atom stereocenters. The normalized spacial score (nSPS) is 13.5. The number of nitrogens with two attached hydrogens (primary N) is 1. The molecule has 0 bridgehead atoms. The summed E-state index contributed by atoms with van der Waals surface area (Å²) in [7, 11) is 0. The van der Waals surface area contributed by atoms with E-state index >= 15 is 0 Å². The molecule has 0 saturated carbocycles. The molecule has 3 aromatic heterocycles. The molecule has 0 aliphatic carbocycles. The first kappa shape index (κ1) is 27.8. The molecular weight excluding hydrogens is 497 g/mol. The van der Waals surface area contributed by atoms with E-state index in [0.717, 1.165) is 70.4 Å². The number of benzene rings is 1. The van der Waals surface area contributed by atoms with Crippen LogP contribution in [-0.2, 0) is 6.54 Å². The van der Waals surface area contributed by atoms with Crippen molar-refractivity contribution in [3.63, 3.8) is 0 Å². The first-order chi connectivity index (χ1) is 18.3. The second-order valence-corrected chi connectivity index (χ2v) is 10.6. The Morgan fingerprint density at radius 2 is 1.87 bits per heavy atom. The number of halogens is 2. The van der Waals surface area contributed by atoms with Crippen LogP contribution < -0.4 is 10.6 Å². The highest BCUT2D eigenvalue weighted by molar-refractivity contribution is 6.33. The van der Waals surface area contributed by atoms with Gasteiger partial charge in [-0.2, -0.15) is 0 Å². The molecule has 1 aliphatic rings. The first-order valence-corrected chi connectivity index (χ1v) is 13.7. The van der Waals surface area contributed by atoms with Crippen molar-refractivity contribution in [3.8, 4) is 22.4 Å². The van der Waals surface area contributed by atoms with Crippen LogP contribution in [-0.4, -0.2) is 27.5 Å². The van der Waals surface area contributed by atoms with Crippen LogP contribution in [0.2, 0.25) is 5.02 Å². The number of nitrogens with zero attached hydrogens (tertiary/aromatic N) is 4. The zero-order chi connectivity index (χ0) is 27.2. The lowest BCUT2D eigenvalue weighted by Crippen LogP contribution is -2.30. The summed E-state index contributed by atoms with van der Waals surface area (Å²) < 4.78 is 15.7. The second kappa shape index (κ2) is 12.5. The van der Waals surface area contributed by atoms with Crippen LogP contribution in [0, 0.1) is 18.7 Å². The molecule has 4 aromatic rings. The zero-order valence-electron chi connectivity index (χ0n) is 22.6. The predicted octanol–water partition coefficient (Wildman–Crippen LogP) is 7.83. The number of piperidine rings is 1. The van der Waals surface area contributed by atoms with Gasteiger partial charge in [-0.25, -0.2) is 14.4 Å². The lowest BCUT2D eigenvalue weighted by atomic mass is 9.98. The smallest absolute Gasteiger partial charge is 0.140 e. The average Bonchev–Trinajstić information content (AvgIpc) is 3.34. The van der Waals surface area contributed by atoms with Gasteiger partial charge in [-0.1, -0.05) is 31.5 Å². The van der Waals surface area contributed by atoms with Gasteiger partial charge in [-0.3, -0.25) is 4.40 Å². The minimum atomic E-state index is -0.365. The summed E-state index contributed by atoms with van der Waals surface area (Å²) in [6.07, 6.45) is 12.5. The molecule has 1 fully saturated rings. The summed E-state index contributed by atoms with van der Waals surface area (Å²) in [5.41, 5.74) is 12.5. The van der Waals surface area contributed by atoms with E-state index in [1.165, 1.54) is 31.4 Å². The molecule has 0 amide bonds. The standard InChI is InChI=1S/C25H25ClFN5.C6H12/c1-16-20(13-28)21(19-6-5-18(27)12-22(19)26)15-32-23(14-30-25(16)32)17-7-8-29-24(11-17)31-9-3-2-4-10-31;1-4-5-6(2)3/h5-8,11-12,14-15H,2-4,9-10,13,28H2,1H3;4,6H,1,5H2,2-3H3. The number of rotatable bonds is 6. The van der Waals surface area contributed by atoms with Crippen molar-refractivity contribution in [2.24, 2.45) is 11.7 Å². The number of anilines is 1. The molecule has 5 rings (SSSR count). The maximum Gasteiger partial charge on any atom is 0.140 e. The van der Waals surface area contributed by atoms with Gasteiger partial charge >= 0.3 is 0 Å². The van der Waals surface area contributed by atoms with E-state index in [1.54, 1.807) is 6.07 Å². The third-order valence-corrected chi connectivity index (χ3v) is 7.27. The van der Waals surface area contributed by atoms with Crippen LogP contribution in [0.1, 0.15) is 50.7 Å². The number of pyridine rings is 2. The molecule has 1 saturated heterocycles. The van der Waals surface area contributed by atoms with Crippen molar-refractivity contribution in [3.05, 3.63) is 83.5 Å². The Morgan fingerprint density at radius 1 is 1.11 bits per heavy atom. The number of allylic oxidation sites excluding steroid dienone is 1. The maximum absolute atomic E-state index is 13.7. The van der Waals surface area contributed by atoms with Crippen molar-refractivity contribution in [2.75, 3.05) is 18.0 Å². The van der Waals surface area contributed by atoms with Crippen LogP contribution in [0.15, 0.2) is 61.6 Å². The molecule has 1 aromatic carbocycles. The highest BCUT2D eigenvalue weighted by Gasteiger charge is 2.19. The zero-order valence-corrected chi connectivity index (χ0v) is 23.3. The minimum absolute atomic E-state index is 0.335. The molecule has 0 spiro atoms. The fraction of sp³-hybridized carbons (Fsp3) is 0.355. The molecule has 200 valence electrons. The van der Waals surface area contributed by atoms with E-state index in [4.69, 9.17) is 22.3 Å². The van der Waals surface area contributed by atoms with Crippen molar-refractivity contribution < 1.29 is 4.39 Å². The van der Waals surface area contributed by atoms with Gasteiger partial charge in [0.15, 0.2) is 0 Å². The van der Waals surface area contributed by atoms with Crippen molar-refractivity contribution in [1.29, 1.82) is 0 Å². The quantitative estimate of drug-likeness (QED) is 0.256. The third-order valence-electron chi connectivity index (χ3n) is 6.95. The third kappa shape index (κ3) is 6.08. The van der Waals surface area contributed by atoms with E-state index in [9.17, 15) is 4.39 Å². The van der Waals surface area contributed by atoms with E-state index in [-0.39, 0.29) is 5.82 Å². The van der Waals surface area contributed by atoms with Crippen LogP contribution in [0.3, 0.4) is 0 Å². The fourth-order valence-corrected chi connectivity index (χ4v) is 5.21. The van der Waals surface area contributed by atoms with Gasteiger partial charge in [0.05, 0.1) is 16.9 Å². The molecule has 2 N–H and O–H groups in total.